The smallest absolute Gasteiger partial charge is 0.321 e. The Labute approximate surface area is 167 Å². The van der Waals surface area contributed by atoms with E-state index in [4.69, 9.17) is 9.47 Å². The van der Waals surface area contributed by atoms with E-state index in [-0.39, 0.29) is 29.2 Å². The third-order valence-corrected chi connectivity index (χ3v) is 4.74. The number of anilines is 2. The fraction of sp³-hybridized carbons (Fsp3) is 0.294. The first-order valence-electron chi connectivity index (χ1n) is 8.32. The summed E-state index contributed by atoms with van der Waals surface area (Å²) in [5, 5.41) is 2.48. The second-order valence-corrected chi connectivity index (χ2v) is 7.12. The number of methoxy groups -OCH3 is 2. The maximum atomic E-state index is 12.6. The third kappa shape index (κ3) is 6.31. The number of hydrogen-bond acceptors (Lipinski definition) is 9. The highest BCUT2D eigenvalue weighted by Gasteiger charge is 2.17. The highest BCUT2D eigenvalue weighted by Crippen LogP contribution is 2.21. The van der Waals surface area contributed by atoms with E-state index in [0.29, 0.717) is 5.69 Å². The average Bonchev–Trinajstić information content (AvgIpc) is 2.67. The van der Waals surface area contributed by atoms with Crippen molar-refractivity contribution in [3.8, 4) is 11.9 Å². The Bertz CT molecular complexity index is 956. The Morgan fingerprint density at radius 1 is 1.07 bits per heavy atom. The fourth-order valence-corrected chi connectivity index (χ4v) is 3.11. The van der Waals surface area contributed by atoms with Crippen LogP contribution in [0.25, 0.3) is 0 Å². The molecule has 156 valence electrons. The average molecular weight is 424 g/mol. The SMILES string of the molecule is CCOC(=O)CC(=O)Nc1ccc(S(=O)(=O)Nc2cc(OC)nc(OC)n2)cc1. The Kier molecular flexibility index (Phi) is 7.31. The van der Waals surface area contributed by atoms with Gasteiger partial charge in [-0.05, 0) is 31.2 Å². The highest BCUT2D eigenvalue weighted by molar-refractivity contribution is 7.92. The normalized spacial score (nSPS) is 10.7. The minimum atomic E-state index is -3.97. The van der Waals surface area contributed by atoms with Crippen molar-refractivity contribution in [1.29, 1.82) is 0 Å². The molecule has 1 aromatic carbocycles. The molecule has 0 saturated carbocycles. The molecule has 2 rings (SSSR count). The molecule has 0 fully saturated rings. The lowest BCUT2D eigenvalue weighted by molar-refractivity contribution is -0.145. The minimum Gasteiger partial charge on any atom is -0.481 e. The van der Waals surface area contributed by atoms with Crippen LogP contribution in [0.3, 0.4) is 0 Å². The molecule has 0 bridgehead atoms. The monoisotopic (exact) mass is 424 g/mol. The summed E-state index contributed by atoms with van der Waals surface area (Å²) >= 11 is 0. The van der Waals surface area contributed by atoms with Gasteiger partial charge in [0.2, 0.25) is 11.8 Å². The van der Waals surface area contributed by atoms with Crippen molar-refractivity contribution in [3.63, 3.8) is 0 Å². The van der Waals surface area contributed by atoms with E-state index in [1.54, 1.807) is 6.92 Å². The number of nitrogens with zero attached hydrogens (tertiary/aromatic N) is 2. The molecule has 2 N–H and O–H groups in total. The number of sulfonamides is 1. The molecule has 11 nitrogen and oxygen atoms in total. The zero-order valence-corrected chi connectivity index (χ0v) is 16.8. The van der Waals surface area contributed by atoms with Gasteiger partial charge in [-0.2, -0.15) is 9.97 Å². The molecule has 1 aromatic heterocycles. The molecular formula is C17H20N4O7S. The number of nitrogens with one attached hydrogen (secondary N) is 2. The lowest BCUT2D eigenvalue weighted by atomic mass is 10.3. The van der Waals surface area contributed by atoms with Gasteiger partial charge in [-0.25, -0.2) is 8.42 Å². The molecule has 0 unspecified atom stereocenters. The van der Waals surface area contributed by atoms with Crippen LogP contribution in [-0.2, 0) is 24.3 Å². The van der Waals surface area contributed by atoms with Crippen molar-refractivity contribution in [1.82, 2.24) is 9.97 Å². The van der Waals surface area contributed by atoms with Gasteiger partial charge in [0.25, 0.3) is 10.0 Å². The quantitative estimate of drug-likeness (QED) is 0.447. The molecule has 0 aliphatic heterocycles. The summed E-state index contributed by atoms with van der Waals surface area (Å²) in [6, 6.07) is 6.58. The summed E-state index contributed by atoms with van der Waals surface area (Å²) in [6.45, 7) is 1.81. The largest absolute Gasteiger partial charge is 0.481 e. The van der Waals surface area contributed by atoms with Gasteiger partial charge in [0.1, 0.15) is 6.42 Å². The predicted octanol–water partition coefficient (Wildman–Crippen LogP) is 1.19. The van der Waals surface area contributed by atoms with Crippen molar-refractivity contribution in [2.45, 2.75) is 18.2 Å². The van der Waals surface area contributed by atoms with Crippen LogP contribution in [0.1, 0.15) is 13.3 Å². The lowest BCUT2D eigenvalue weighted by Gasteiger charge is -2.10. The van der Waals surface area contributed by atoms with Gasteiger partial charge >= 0.3 is 12.0 Å². The second-order valence-electron chi connectivity index (χ2n) is 5.44. The number of amides is 1. The molecular weight excluding hydrogens is 404 g/mol. The molecule has 1 amide bonds. The van der Waals surface area contributed by atoms with Crippen LogP contribution >= 0.6 is 0 Å². The van der Waals surface area contributed by atoms with Gasteiger partial charge in [0.15, 0.2) is 5.82 Å². The zero-order chi connectivity index (χ0) is 21.4. The lowest BCUT2D eigenvalue weighted by Crippen LogP contribution is -2.18. The van der Waals surface area contributed by atoms with E-state index < -0.39 is 28.3 Å². The summed E-state index contributed by atoms with van der Waals surface area (Å²) in [5.74, 6) is -1.14. The molecule has 0 spiro atoms. The summed E-state index contributed by atoms with van der Waals surface area (Å²) in [6.07, 6.45) is -0.438. The van der Waals surface area contributed by atoms with Crippen LogP contribution in [-0.4, -0.2) is 51.1 Å². The molecule has 0 aliphatic rings. The van der Waals surface area contributed by atoms with Crippen LogP contribution in [0.15, 0.2) is 35.2 Å². The number of rotatable bonds is 9. The summed E-state index contributed by atoms with van der Waals surface area (Å²) < 4.78 is 42.0. The van der Waals surface area contributed by atoms with Gasteiger partial charge in [-0.1, -0.05) is 0 Å². The van der Waals surface area contributed by atoms with Gasteiger partial charge in [-0.15, -0.1) is 0 Å². The molecule has 12 heteroatoms. The Hall–Kier alpha value is -3.41. The van der Waals surface area contributed by atoms with Crippen LogP contribution in [0.4, 0.5) is 11.5 Å². The number of esters is 1. The fourth-order valence-electron chi connectivity index (χ4n) is 2.11. The first kappa shape index (κ1) is 21.9. The van der Waals surface area contributed by atoms with E-state index in [1.807, 2.05) is 0 Å². The molecule has 29 heavy (non-hydrogen) atoms. The van der Waals surface area contributed by atoms with Gasteiger partial charge in [-0.3, -0.25) is 14.3 Å². The molecule has 2 aromatic rings. The van der Waals surface area contributed by atoms with Crippen molar-refractivity contribution in [3.05, 3.63) is 30.3 Å². The maximum absolute atomic E-state index is 12.6. The van der Waals surface area contributed by atoms with E-state index in [0.717, 1.165) is 0 Å². The summed E-state index contributed by atoms with van der Waals surface area (Å²) in [7, 11) is -1.27. The Balaban J connectivity index is 2.10. The molecule has 0 saturated heterocycles. The molecule has 0 radical (unpaired) electrons. The molecule has 1 heterocycles. The maximum Gasteiger partial charge on any atom is 0.321 e. The standard InChI is InChI=1S/C17H20N4O7S/c1-4-28-16(23)10-14(22)18-11-5-7-12(8-6-11)29(24,25)21-13-9-15(26-2)20-17(19-13)27-3/h5-9H,4,10H2,1-3H3,(H,18,22)(H,19,20,21). The van der Waals surface area contributed by atoms with Gasteiger partial charge in [0.05, 0.1) is 25.7 Å². The van der Waals surface area contributed by atoms with Crippen molar-refractivity contribution in [2.75, 3.05) is 30.9 Å². The van der Waals surface area contributed by atoms with Crippen LogP contribution in [0, 0.1) is 0 Å². The third-order valence-electron chi connectivity index (χ3n) is 3.37. The van der Waals surface area contributed by atoms with E-state index in [9.17, 15) is 18.0 Å². The number of benzene rings is 1. The van der Waals surface area contributed by atoms with Crippen molar-refractivity contribution < 1.29 is 32.2 Å². The van der Waals surface area contributed by atoms with Crippen molar-refractivity contribution >= 4 is 33.4 Å². The minimum absolute atomic E-state index is 0.0412. The molecule has 0 aliphatic carbocycles. The summed E-state index contributed by atoms with van der Waals surface area (Å²) in [4.78, 5) is 30.8. The van der Waals surface area contributed by atoms with E-state index in [1.165, 1.54) is 44.6 Å². The Morgan fingerprint density at radius 2 is 1.76 bits per heavy atom. The Morgan fingerprint density at radius 3 is 2.34 bits per heavy atom. The zero-order valence-electron chi connectivity index (χ0n) is 16.0. The molecule has 0 atom stereocenters. The van der Waals surface area contributed by atoms with Crippen LogP contribution in [0.2, 0.25) is 0 Å². The topological polar surface area (TPSA) is 146 Å². The number of ether oxygens (including phenoxy) is 3. The second kappa shape index (κ2) is 9.68. The van der Waals surface area contributed by atoms with Crippen LogP contribution in [0.5, 0.6) is 11.9 Å². The van der Waals surface area contributed by atoms with Gasteiger partial charge in [0, 0.05) is 11.8 Å². The number of aromatic nitrogens is 2. The van der Waals surface area contributed by atoms with Gasteiger partial charge < -0.3 is 19.5 Å². The van der Waals surface area contributed by atoms with E-state index in [2.05, 4.69) is 24.7 Å². The van der Waals surface area contributed by atoms with E-state index >= 15 is 0 Å². The predicted molar refractivity (Wildman–Crippen MR) is 102 cm³/mol. The highest BCUT2D eigenvalue weighted by atomic mass is 32.2. The number of hydrogen-bond donors (Lipinski definition) is 2. The van der Waals surface area contributed by atoms with Crippen LogP contribution < -0.4 is 19.5 Å². The first-order chi connectivity index (χ1) is 13.8. The number of carbonyl (C=O) groups is 2. The van der Waals surface area contributed by atoms with Crippen molar-refractivity contribution in [2.24, 2.45) is 0 Å². The number of carbonyl (C=O) groups excluding carboxylic acids is 2. The summed E-state index contributed by atoms with van der Waals surface area (Å²) in [5.41, 5.74) is 0.323. The first-order valence-corrected chi connectivity index (χ1v) is 9.81.